The largest absolute Gasteiger partial charge is 0.504 e. The first-order valence-corrected chi connectivity index (χ1v) is 22.9. The first-order valence-electron chi connectivity index (χ1n) is 22.9. The fraction of sp³-hybridized carbons (Fsp3) is 0. The normalized spacial score (nSPS) is 10.7. The smallest absolute Gasteiger partial charge is 0.360 e. The summed E-state index contributed by atoms with van der Waals surface area (Å²) in [6.45, 7) is 0. The second-order valence-corrected chi connectivity index (χ2v) is 17.0. The van der Waals surface area contributed by atoms with Crippen LogP contribution in [0.2, 0.25) is 0 Å². The van der Waals surface area contributed by atoms with E-state index in [1.54, 1.807) is 0 Å². The summed E-state index contributed by atoms with van der Waals surface area (Å²) in [5, 5.41) is 155. The molecule has 0 fully saturated rings. The Hall–Kier alpha value is -13.2. The molecule has 8 rings (SSSR count). The van der Waals surface area contributed by atoms with Gasteiger partial charge in [0.25, 0.3) is 0 Å². The maximum Gasteiger partial charge on any atom is 0.360 e. The molecule has 434 valence electrons. The van der Waals surface area contributed by atoms with Crippen LogP contribution in [-0.2, 0) is 0 Å². The van der Waals surface area contributed by atoms with Gasteiger partial charge in [-0.3, -0.25) is 0 Å². The molecule has 16 N–H and O–H groups in total. The number of aromatic hydroxyl groups is 14. The highest BCUT2D eigenvalue weighted by molar-refractivity contribution is 6.00. The van der Waals surface area contributed by atoms with Crippen LogP contribution in [0.3, 0.4) is 0 Å². The van der Waals surface area contributed by atoms with E-state index >= 15 is 0 Å². The highest BCUT2D eigenvalue weighted by Crippen LogP contribution is 2.45. The average molecular weight is 1180 g/mol. The molecule has 7 aromatic carbocycles. The van der Waals surface area contributed by atoms with Crippen molar-refractivity contribution >= 4 is 47.8 Å². The quantitative estimate of drug-likeness (QED) is 0.0359. The summed E-state index contributed by atoms with van der Waals surface area (Å²) in [5.74, 6) is -34.5. The van der Waals surface area contributed by atoms with Crippen molar-refractivity contribution in [3.63, 3.8) is 0 Å². The second-order valence-electron chi connectivity index (χ2n) is 17.0. The lowest BCUT2D eigenvalue weighted by Gasteiger charge is -2.14. The number of rotatable bonds is 15. The molecule has 85 heavy (non-hydrogen) atoms. The van der Waals surface area contributed by atoms with Crippen molar-refractivity contribution in [2.45, 2.75) is 0 Å². The average Bonchev–Trinajstić information content (AvgIpc) is 2.79. The number of benzene rings is 7. The number of H-pyrrole nitrogens is 1. The van der Waals surface area contributed by atoms with Crippen LogP contribution in [0.5, 0.6) is 121 Å². The minimum Gasteiger partial charge on any atom is -0.504 e. The first kappa shape index (κ1) is 57.9. The van der Waals surface area contributed by atoms with Gasteiger partial charge in [0.2, 0.25) is 40.2 Å². The topological polar surface area (TPSA) is 520 Å². The summed E-state index contributed by atoms with van der Waals surface area (Å²) < 4.78 is 35.4. The van der Waals surface area contributed by atoms with Crippen molar-refractivity contribution in [3.8, 4) is 121 Å². The Morgan fingerprint density at radius 3 is 0.647 bits per heavy atom. The van der Waals surface area contributed by atoms with E-state index in [4.69, 9.17) is 33.2 Å². The van der Waals surface area contributed by atoms with Crippen LogP contribution in [0, 0.1) is 0 Å². The van der Waals surface area contributed by atoms with Gasteiger partial charge in [-0.2, -0.15) is 0 Å². The van der Waals surface area contributed by atoms with Gasteiger partial charge in [0.1, 0.15) is 5.69 Å². The molecule has 0 radical (unpaired) electrons. The first-order chi connectivity index (χ1) is 40.1. The molecule has 0 aliphatic heterocycles. The van der Waals surface area contributed by atoms with Gasteiger partial charge in [-0.25, -0.2) is 38.4 Å². The molecule has 8 aromatic rings. The monoisotopic (exact) mass is 1180 g/mol. The number of aromatic amines is 1. The van der Waals surface area contributed by atoms with Crippen molar-refractivity contribution < 1.29 is 148 Å². The number of hydrogen-bond donors (Lipinski definition) is 16. The lowest BCUT2D eigenvalue weighted by Crippen LogP contribution is -2.14. The van der Waals surface area contributed by atoms with Gasteiger partial charge >= 0.3 is 47.8 Å². The second kappa shape index (κ2) is 22.9. The van der Waals surface area contributed by atoms with Gasteiger partial charge in [0, 0.05) is 6.20 Å². The number of aromatic carboxylic acids is 1. The molecule has 0 bridgehead atoms. The van der Waals surface area contributed by atoms with Crippen molar-refractivity contribution in [2.24, 2.45) is 0 Å². The molecule has 1 heterocycles. The number of carboxylic acid groups (broad SMARTS) is 1. The number of carboxylic acids is 1. The third-order valence-corrected chi connectivity index (χ3v) is 11.3. The maximum absolute atomic E-state index is 13.4. The maximum atomic E-state index is 13.4. The summed E-state index contributed by atoms with van der Waals surface area (Å²) in [4.78, 5) is 106. The fourth-order valence-corrected chi connectivity index (χ4v) is 7.09. The highest BCUT2D eigenvalue weighted by Gasteiger charge is 2.29. The summed E-state index contributed by atoms with van der Waals surface area (Å²) in [7, 11) is 0. The Morgan fingerprint density at radius 2 is 0.459 bits per heavy atom. The van der Waals surface area contributed by atoms with Gasteiger partial charge in [0.15, 0.2) is 80.5 Å². The van der Waals surface area contributed by atoms with Crippen LogP contribution in [0.1, 0.15) is 83.0 Å². The van der Waals surface area contributed by atoms with Gasteiger partial charge in [0.05, 0.1) is 38.9 Å². The minimum atomic E-state index is -1.61. The molecular weight excluding hydrogens is 1140 g/mol. The molecule has 1 aromatic heterocycles. The summed E-state index contributed by atoms with van der Waals surface area (Å²) >= 11 is 0. The zero-order valence-corrected chi connectivity index (χ0v) is 41.6. The molecule has 0 saturated heterocycles. The van der Waals surface area contributed by atoms with E-state index in [0.717, 1.165) is 6.07 Å². The zero-order chi connectivity index (χ0) is 62.0. The number of hydrogen-bond acceptors (Lipinski definition) is 29. The molecule has 0 spiro atoms. The van der Waals surface area contributed by atoms with Crippen LogP contribution in [0.4, 0.5) is 0 Å². The number of phenolic OH excluding ortho intramolecular Hbond substituents is 14. The number of esters is 7. The van der Waals surface area contributed by atoms with Crippen molar-refractivity contribution in [2.75, 3.05) is 0 Å². The third kappa shape index (κ3) is 12.2. The molecule has 0 atom stereocenters. The van der Waals surface area contributed by atoms with Gasteiger partial charge in [-0.05, 0) is 97.1 Å². The van der Waals surface area contributed by atoms with Gasteiger partial charge < -0.3 is 115 Å². The van der Waals surface area contributed by atoms with E-state index < -0.39 is 207 Å². The van der Waals surface area contributed by atoms with Crippen molar-refractivity contribution in [1.82, 2.24) is 4.98 Å². The molecule has 0 saturated carbocycles. The third-order valence-electron chi connectivity index (χ3n) is 11.3. The molecule has 0 aliphatic rings. The van der Waals surface area contributed by atoms with E-state index in [-0.39, 0.29) is 5.69 Å². The fourth-order valence-electron chi connectivity index (χ4n) is 7.09. The predicted molar refractivity (Wildman–Crippen MR) is 271 cm³/mol. The Morgan fingerprint density at radius 1 is 0.271 bits per heavy atom. The van der Waals surface area contributed by atoms with Crippen LogP contribution >= 0.6 is 0 Å². The number of ether oxygens (including phenoxy) is 7. The molecule has 0 amide bonds. The van der Waals surface area contributed by atoms with E-state index in [0.29, 0.717) is 78.9 Å². The number of nitrogens with one attached hydrogen (secondary N) is 1. The Bertz CT molecular complexity index is 4170. The van der Waals surface area contributed by atoms with Gasteiger partial charge in [-0.15, -0.1) is 0 Å². The van der Waals surface area contributed by atoms with Crippen LogP contribution in [0.25, 0.3) is 0 Å². The zero-order valence-electron chi connectivity index (χ0n) is 41.6. The van der Waals surface area contributed by atoms with Crippen LogP contribution in [0.15, 0.2) is 103 Å². The molecule has 0 aliphatic carbocycles. The predicted octanol–water partition coefficient (Wildman–Crippen LogP) is 5.13. The number of carbonyl (C=O) groups excluding carboxylic acids is 7. The number of carbonyl (C=O) groups is 8. The highest BCUT2D eigenvalue weighted by atomic mass is 16.6. The summed E-state index contributed by atoms with van der Waals surface area (Å²) in [5.41, 5.74) is -5.28. The van der Waals surface area contributed by atoms with E-state index in [2.05, 4.69) is 4.98 Å². The SMILES string of the molecule is O=C(O)c1cc(O)c(O)c(OC(=O)c2cc(O)c(O)c(OC(=O)c3cc(O)c(O)c(OC(=O)c4cc(O)c(O)c(OC(=O)c5cc(O)c(O)c(OC(=O)c6cc(O)c(O)c(OC(=O)c7cc(O)c(O)c(OC(=O)c8ccc[nH]8)c7)c6)c5)c4)c3)c2)c1. The van der Waals surface area contributed by atoms with E-state index in [1.165, 1.54) is 18.3 Å². The molecule has 31 nitrogen and oxygen atoms in total. The van der Waals surface area contributed by atoms with Crippen LogP contribution in [-0.4, -0.2) is 129 Å². The van der Waals surface area contributed by atoms with E-state index in [9.17, 15) is 115 Å². The van der Waals surface area contributed by atoms with Crippen molar-refractivity contribution in [1.29, 1.82) is 0 Å². The lowest BCUT2D eigenvalue weighted by atomic mass is 10.1. The lowest BCUT2D eigenvalue weighted by molar-refractivity contribution is 0.0684. The van der Waals surface area contributed by atoms with Gasteiger partial charge in [-0.1, -0.05) is 0 Å². The van der Waals surface area contributed by atoms with E-state index in [1.807, 2.05) is 0 Å². The van der Waals surface area contributed by atoms with Crippen molar-refractivity contribution in [3.05, 3.63) is 148 Å². The standard InChI is InChI=1S/C54H33NO30/c56-26-4-18(47(70)71)11-33(40(26)63)79-48(72)19-5-27(57)41(64)34(12-19)80-49(73)20-6-28(58)42(65)35(13-20)81-50(74)21-7-29(59)43(66)36(14-21)82-51(75)22-8-30(60)44(67)37(15-22)83-52(76)23-9-31(61)45(68)38(16-23)84-53(77)24-10-32(62)46(69)39(17-24)85-54(78)25-2-1-3-55-25/h1-17,55-69H,(H,70,71). The summed E-state index contributed by atoms with van der Waals surface area (Å²) in [6, 6.07) is 11.1. The number of aromatic nitrogens is 1. The molecule has 31 heteroatoms. The molecular formula is C54H33NO30. The van der Waals surface area contributed by atoms with Crippen LogP contribution < -0.4 is 33.2 Å². The number of phenols is 14. The Balaban J connectivity index is 0.962. The Labute approximate surface area is 468 Å². The molecule has 0 unspecified atom stereocenters. The summed E-state index contributed by atoms with van der Waals surface area (Å²) in [6.07, 6.45) is 1.37. The Kier molecular flexibility index (Phi) is 15.6. The minimum absolute atomic E-state index is 0.0930.